The van der Waals surface area contributed by atoms with Crippen molar-refractivity contribution in [2.24, 2.45) is 11.7 Å². The molecule has 13 heteroatoms. The molecule has 0 aliphatic heterocycles. The second kappa shape index (κ2) is 15.2. The quantitative estimate of drug-likeness (QED) is 0.131. The third kappa shape index (κ3) is 8.82. The number of amides is 3. The maximum Gasteiger partial charge on any atom is 0.326 e. The molecule has 3 amide bonds. The van der Waals surface area contributed by atoms with Crippen LogP contribution in [0.25, 0.3) is 10.9 Å². The Morgan fingerprint density at radius 2 is 1.68 bits per heavy atom. The molecule has 12 nitrogen and oxygen atoms in total. The standard InChI is InChI=1S/C28H39N7O5S/c1-4-16(2)24(29)27(38)34-22(11-17-13-31-20-8-6-5-7-19(17)20)26(37)33-21(9-10-41-3)25(36)35-23(28(39)40)12-18-14-30-15-32-18/h5-8,13-16,21-24,31H,4,9-12,29H2,1-3H3,(H,30,32)(H,33,37)(H,34,38)(H,35,36)(H,39,40). The van der Waals surface area contributed by atoms with Gasteiger partial charge in [-0.05, 0) is 36.0 Å². The average molecular weight is 586 g/mol. The summed E-state index contributed by atoms with van der Waals surface area (Å²) in [5, 5.41) is 18.7. The van der Waals surface area contributed by atoms with Crippen molar-refractivity contribution in [1.82, 2.24) is 30.9 Å². The molecule has 0 spiro atoms. The van der Waals surface area contributed by atoms with E-state index in [9.17, 15) is 24.3 Å². The van der Waals surface area contributed by atoms with Gasteiger partial charge < -0.3 is 36.8 Å². The molecule has 41 heavy (non-hydrogen) atoms. The molecular weight excluding hydrogens is 546 g/mol. The van der Waals surface area contributed by atoms with E-state index in [1.807, 2.05) is 44.4 Å². The average Bonchev–Trinajstić information content (AvgIpc) is 3.63. The van der Waals surface area contributed by atoms with Gasteiger partial charge in [0.15, 0.2) is 0 Å². The number of H-pyrrole nitrogens is 2. The molecule has 222 valence electrons. The number of carboxylic acid groups (broad SMARTS) is 1. The van der Waals surface area contributed by atoms with Gasteiger partial charge in [0, 0.05) is 41.8 Å². The Kier molecular flexibility index (Phi) is 11.8. The van der Waals surface area contributed by atoms with E-state index in [4.69, 9.17) is 5.73 Å². The number of aromatic amines is 2. The highest BCUT2D eigenvalue weighted by Crippen LogP contribution is 2.19. The van der Waals surface area contributed by atoms with E-state index in [1.54, 1.807) is 6.20 Å². The van der Waals surface area contributed by atoms with Crippen molar-refractivity contribution in [2.45, 2.75) is 63.7 Å². The van der Waals surface area contributed by atoms with Crippen molar-refractivity contribution in [3.05, 3.63) is 54.2 Å². The Morgan fingerprint density at radius 1 is 1.00 bits per heavy atom. The Balaban J connectivity index is 1.81. The van der Waals surface area contributed by atoms with E-state index >= 15 is 0 Å². The first-order valence-corrected chi connectivity index (χ1v) is 14.9. The first-order valence-electron chi connectivity index (χ1n) is 13.5. The van der Waals surface area contributed by atoms with Crippen LogP contribution >= 0.6 is 11.8 Å². The second-order valence-electron chi connectivity index (χ2n) is 10.1. The number of fused-ring (bicyclic) bond motifs is 1. The molecule has 5 atom stereocenters. The first-order chi connectivity index (χ1) is 19.6. The summed E-state index contributed by atoms with van der Waals surface area (Å²) in [5.41, 5.74) is 8.40. The molecule has 8 N–H and O–H groups in total. The largest absolute Gasteiger partial charge is 0.480 e. The smallest absolute Gasteiger partial charge is 0.326 e. The molecule has 0 aliphatic carbocycles. The fourth-order valence-electron chi connectivity index (χ4n) is 4.38. The van der Waals surface area contributed by atoms with Gasteiger partial charge in [0.25, 0.3) is 0 Å². The van der Waals surface area contributed by atoms with Gasteiger partial charge in [-0.25, -0.2) is 9.78 Å². The Hall–Kier alpha value is -3.84. The van der Waals surface area contributed by atoms with Gasteiger partial charge in [-0.1, -0.05) is 38.5 Å². The number of nitrogens with one attached hydrogen (secondary N) is 5. The number of carbonyl (C=O) groups is 4. The van der Waals surface area contributed by atoms with Crippen molar-refractivity contribution in [3.8, 4) is 0 Å². The number of carboxylic acids is 1. The number of aliphatic carboxylic acids is 1. The summed E-state index contributed by atoms with van der Waals surface area (Å²) in [7, 11) is 0. The number of carbonyl (C=O) groups excluding carboxylic acids is 3. The van der Waals surface area contributed by atoms with Crippen molar-refractivity contribution >= 4 is 46.4 Å². The van der Waals surface area contributed by atoms with Crippen molar-refractivity contribution in [3.63, 3.8) is 0 Å². The second-order valence-corrected chi connectivity index (χ2v) is 11.0. The number of imidazole rings is 1. The van der Waals surface area contributed by atoms with Gasteiger partial charge in [-0.2, -0.15) is 11.8 Å². The zero-order valence-corrected chi connectivity index (χ0v) is 24.3. The summed E-state index contributed by atoms with van der Waals surface area (Å²) in [4.78, 5) is 61.7. The van der Waals surface area contributed by atoms with Crippen molar-refractivity contribution in [2.75, 3.05) is 12.0 Å². The summed E-state index contributed by atoms with van der Waals surface area (Å²) in [6.45, 7) is 3.80. The minimum atomic E-state index is -1.23. The first kappa shape index (κ1) is 31.7. The molecule has 0 saturated carbocycles. The van der Waals surface area contributed by atoms with E-state index in [1.165, 1.54) is 24.3 Å². The van der Waals surface area contributed by atoms with Gasteiger partial charge >= 0.3 is 5.97 Å². The molecule has 0 radical (unpaired) electrons. The minimum absolute atomic E-state index is 0.00296. The number of aromatic nitrogens is 3. The molecule has 0 bridgehead atoms. The Bertz CT molecular complexity index is 1310. The lowest BCUT2D eigenvalue weighted by Crippen LogP contribution is -2.58. The maximum atomic E-state index is 13.7. The van der Waals surface area contributed by atoms with Crippen LogP contribution in [0.2, 0.25) is 0 Å². The normalized spacial score (nSPS) is 14.9. The molecule has 2 heterocycles. The molecular formula is C28H39N7O5S. The number of thioether (sulfide) groups is 1. The lowest BCUT2D eigenvalue weighted by molar-refractivity contribution is -0.142. The molecule has 1 aromatic carbocycles. The Labute approximate surface area is 243 Å². The lowest BCUT2D eigenvalue weighted by atomic mass is 9.98. The summed E-state index contributed by atoms with van der Waals surface area (Å²) in [5.74, 6) is -2.44. The van der Waals surface area contributed by atoms with Gasteiger partial charge in [0.2, 0.25) is 17.7 Å². The monoisotopic (exact) mass is 585 g/mol. The maximum absolute atomic E-state index is 13.7. The molecule has 0 saturated heterocycles. The van der Waals surface area contributed by atoms with E-state index < -0.39 is 47.9 Å². The molecule has 5 unspecified atom stereocenters. The van der Waals surface area contributed by atoms with Gasteiger partial charge in [0.1, 0.15) is 18.1 Å². The number of benzene rings is 1. The number of rotatable bonds is 16. The summed E-state index contributed by atoms with van der Waals surface area (Å²) in [6.07, 6.45) is 7.66. The molecule has 2 aromatic heterocycles. The molecule has 3 rings (SSSR count). The number of nitrogens with zero attached hydrogens (tertiary/aromatic N) is 1. The highest BCUT2D eigenvalue weighted by atomic mass is 32.2. The van der Waals surface area contributed by atoms with E-state index in [2.05, 4.69) is 30.9 Å². The topological polar surface area (TPSA) is 195 Å². The van der Waals surface area contributed by atoms with Gasteiger partial charge in [-0.3, -0.25) is 14.4 Å². The fourth-order valence-corrected chi connectivity index (χ4v) is 4.85. The van der Waals surface area contributed by atoms with Crippen LogP contribution in [0, 0.1) is 5.92 Å². The predicted molar refractivity (Wildman–Crippen MR) is 158 cm³/mol. The lowest BCUT2D eigenvalue weighted by Gasteiger charge is -2.26. The van der Waals surface area contributed by atoms with Gasteiger partial charge in [-0.15, -0.1) is 0 Å². The van der Waals surface area contributed by atoms with Crippen LogP contribution in [0.5, 0.6) is 0 Å². The zero-order valence-electron chi connectivity index (χ0n) is 23.5. The van der Waals surface area contributed by atoms with Crippen molar-refractivity contribution < 1.29 is 24.3 Å². The third-order valence-corrected chi connectivity index (χ3v) is 7.77. The van der Waals surface area contributed by atoms with Crippen LogP contribution in [0.3, 0.4) is 0 Å². The third-order valence-electron chi connectivity index (χ3n) is 7.13. The number of hydrogen-bond acceptors (Lipinski definition) is 7. The molecule has 0 fully saturated rings. The van der Waals surface area contributed by atoms with Crippen LogP contribution in [0.4, 0.5) is 0 Å². The van der Waals surface area contributed by atoms with Crippen LogP contribution in [0.15, 0.2) is 43.0 Å². The summed E-state index contributed by atoms with van der Waals surface area (Å²) < 4.78 is 0. The van der Waals surface area contributed by atoms with Crippen LogP contribution < -0.4 is 21.7 Å². The highest BCUT2D eigenvalue weighted by molar-refractivity contribution is 7.98. The van der Waals surface area contributed by atoms with Crippen LogP contribution in [-0.4, -0.2) is 79.9 Å². The number of nitrogens with two attached hydrogens (primary N) is 1. The zero-order chi connectivity index (χ0) is 29.9. The van der Waals surface area contributed by atoms with Crippen molar-refractivity contribution in [1.29, 1.82) is 0 Å². The minimum Gasteiger partial charge on any atom is -0.480 e. The van der Waals surface area contributed by atoms with E-state index in [-0.39, 0.29) is 25.2 Å². The molecule has 3 aromatic rings. The number of hydrogen-bond donors (Lipinski definition) is 7. The van der Waals surface area contributed by atoms with E-state index in [0.29, 0.717) is 17.9 Å². The Morgan fingerprint density at radius 3 is 2.34 bits per heavy atom. The highest BCUT2D eigenvalue weighted by Gasteiger charge is 2.31. The SMILES string of the molecule is CCC(C)C(N)C(=O)NC(Cc1c[nH]c2ccccc12)C(=O)NC(CCSC)C(=O)NC(Cc1cnc[nH]1)C(=O)O. The number of para-hydroxylation sites is 1. The van der Waals surface area contributed by atoms with E-state index in [0.717, 1.165) is 16.5 Å². The summed E-state index contributed by atoms with van der Waals surface area (Å²) in [6, 6.07) is 3.52. The predicted octanol–water partition coefficient (Wildman–Crippen LogP) is 1.34. The molecule has 0 aliphatic rings. The summed E-state index contributed by atoms with van der Waals surface area (Å²) >= 11 is 1.49. The van der Waals surface area contributed by atoms with Gasteiger partial charge in [0.05, 0.1) is 12.4 Å². The van der Waals surface area contributed by atoms with Crippen LogP contribution in [-0.2, 0) is 32.0 Å². The fraction of sp³-hybridized carbons (Fsp3) is 0.464. The van der Waals surface area contributed by atoms with Crippen LogP contribution in [0.1, 0.15) is 37.9 Å².